The number of nitrogens with zero attached hydrogens (tertiary/aromatic N) is 1. The van der Waals surface area contributed by atoms with E-state index in [1.54, 1.807) is 24.5 Å². The lowest BCUT2D eigenvalue weighted by Crippen LogP contribution is -2.00. The van der Waals surface area contributed by atoms with E-state index in [1.807, 2.05) is 0 Å². The van der Waals surface area contributed by atoms with Gasteiger partial charge < -0.3 is 0 Å². The highest BCUT2D eigenvalue weighted by molar-refractivity contribution is 7.89. The Morgan fingerprint density at radius 1 is 1.36 bits per heavy atom. The molecular weight excluding hydrogens is 162 g/mol. The maximum Gasteiger partial charge on any atom is 0.151 e. The Balaban J connectivity index is 2.82. The molecule has 1 rings (SSSR count). The van der Waals surface area contributed by atoms with Gasteiger partial charge in [0, 0.05) is 18.6 Å². The molecule has 0 atom stereocenters. The predicted octanol–water partition coefficient (Wildman–Crippen LogP) is 0.626. The fourth-order valence-electron chi connectivity index (χ4n) is 0.782. The van der Waals surface area contributed by atoms with Gasteiger partial charge in [-0.25, -0.2) is 8.42 Å². The number of hydrogen-bond acceptors (Lipinski definition) is 3. The van der Waals surface area contributed by atoms with Crippen LogP contribution in [0.15, 0.2) is 24.5 Å². The second-order valence-corrected chi connectivity index (χ2v) is 4.57. The maximum atomic E-state index is 10.8. The van der Waals surface area contributed by atoms with Gasteiger partial charge in [0.2, 0.25) is 0 Å². The lowest BCUT2D eigenvalue weighted by molar-refractivity contribution is 0.601. The van der Waals surface area contributed by atoms with Crippen molar-refractivity contribution in [1.29, 1.82) is 0 Å². The van der Waals surface area contributed by atoms with E-state index in [9.17, 15) is 8.42 Å². The smallest absolute Gasteiger partial charge is 0.151 e. The molecule has 0 aliphatic heterocycles. The summed E-state index contributed by atoms with van der Waals surface area (Å²) in [6.45, 7) is 0. The zero-order valence-electron chi connectivity index (χ0n) is 6.19. The molecule has 0 spiro atoms. The van der Waals surface area contributed by atoms with Crippen LogP contribution in [0.4, 0.5) is 0 Å². The van der Waals surface area contributed by atoms with Gasteiger partial charge in [-0.3, -0.25) is 4.98 Å². The molecule has 1 aromatic rings. The maximum absolute atomic E-state index is 10.8. The van der Waals surface area contributed by atoms with Crippen LogP contribution in [0.5, 0.6) is 0 Å². The van der Waals surface area contributed by atoms with E-state index in [2.05, 4.69) is 4.98 Å². The topological polar surface area (TPSA) is 47.0 Å². The van der Waals surface area contributed by atoms with Crippen LogP contribution in [0.3, 0.4) is 0 Å². The van der Waals surface area contributed by atoms with Crippen molar-refractivity contribution in [3.8, 4) is 0 Å². The lowest BCUT2D eigenvalue weighted by Gasteiger charge is -1.95. The summed E-state index contributed by atoms with van der Waals surface area (Å²) in [5.74, 6) is 0.0928. The molecule has 0 aromatic carbocycles. The van der Waals surface area contributed by atoms with Gasteiger partial charge in [-0.2, -0.15) is 0 Å². The standard InChI is InChI=1S/C7H9NO2S/c1-11(9,10)6-7-2-4-8-5-3-7/h2-5H,6H2,1H3. The highest BCUT2D eigenvalue weighted by atomic mass is 32.2. The molecule has 0 N–H and O–H groups in total. The largest absolute Gasteiger partial charge is 0.265 e. The number of sulfone groups is 1. The Morgan fingerprint density at radius 3 is 2.36 bits per heavy atom. The fourth-order valence-corrected chi connectivity index (χ4v) is 1.58. The van der Waals surface area contributed by atoms with Crippen LogP contribution in [0.25, 0.3) is 0 Å². The van der Waals surface area contributed by atoms with Crippen molar-refractivity contribution >= 4 is 9.84 Å². The van der Waals surface area contributed by atoms with Crippen molar-refractivity contribution in [2.75, 3.05) is 6.26 Å². The molecule has 1 heterocycles. The molecule has 11 heavy (non-hydrogen) atoms. The monoisotopic (exact) mass is 171 g/mol. The number of hydrogen-bond donors (Lipinski definition) is 0. The first-order valence-electron chi connectivity index (χ1n) is 3.14. The SMILES string of the molecule is CS(=O)(=O)Cc1ccncc1. The van der Waals surface area contributed by atoms with Crippen molar-refractivity contribution in [2.24, 2.45) is 0 Å². The van der Waals surface area contributed by atoms with Gasteiger partial charge in [-0.15, -0.1) is 0 Å². The molecule has 1 aromatic heterocycles. The van der Waals surface area contributed by atoms with Gasteiger partial charge in [0.05, 0.1) is 5.75 Å². The third-order valence-electron chi connectivity index (χ3n) is 1.18. The third kappa shape index (κ3) is 3.13. The molecule has 0 aliphatic rings. The first kappa shape index (κ1) is 8.20. The molecule has 0 fully saturated rings. The summed E-state index contributed by atoms with van der Waals surface area (Å²) in [6, 6.07) is 3.39. The van der Waals surface area contributed by atoms with Gasteiger partial charge in [0.25, 0.3) is 0 Å². The summed E-state index contributed by atoms with van der Waals surface area (Å²) in [4.78, 5) is 3.78. The van der Waals surface area contributed by atoms with Crippen molar-refractivity contribution < 1.29 is 8.42 Å². The molecule has 3 nitrogen and oxygen atoms in total. The number of pyridine rings is 1. The van der Waals surface area contributed by atoms with E-state index in [-0.39, 0.29) is 5.75 Å². The summed E-state index contributed by atoms with van der Waals surface area (Å²) in [7, 11) is -2.90. The average Bonchev–Trinajstić information content (AvgIpc) is 1.85. The highest BCUT2D eigenvalue weighted by Crippen LogP contribution is 2.01. The molecule has 0 amide bonds. The molecule has 0 radical (unpaired) electrons. The van der Waals surface area contributed by atoms with Crippen LogP contribution in [0.2, 0.25) is 0 Å². The minimum absolute atomic E-state index is 0.0928. The number of rotatable bonds is 2. The minimum atomic E-state index is -2.90. The molecule has 0 bridgehead atoms. The van der Waals surface area contributed by atoms with Gasteiger partial charge >= 0.3 is 0 Å². The molecule has 0 unspecified atom stereocenters. The zero-order valence-corrected chi connectivity index (χ0v) is 7.00. The summed E-state index contributed by atoms with van der Waals surface area (Å²) < 4.78 is 21.6. The van der Waals surface area contributed by atoms with Crippen molar-refractivity contribution in [3.63, 3.8) is 0 Å². The van der Waals surface area contributed by atoms with Crippen molar-refractivity contribution in [3.05, 3.63) is 30.1 Å². The Hall–Kier alpha value is -0.900. The van der Waals surface area contributed by atoms with Gasteiger partial charge in [-0.1, -0.05) is 0 Å². The Morgan fingerprint density at radius 2 is 1.91 bits per heavy atom. The first-order chi connectivity index (χ1) is 5.08. The van der Waals surface area contributed by atoms with Gasteiger partial charge in [0.1, 0.15) is 0 Å². The summed E-state index contributed by atoms with van der Waals surface area (Å²) >= 11 is 0. The average molecular weight is 171 g/mol. The summed E-state index contributed by atoms with van der Waals surface area (Å²) in [5, 5.41) is 0. The molecular formula is C7H9NO2S. The van der Waals surface area contributed by atoms with Crippen LogP contribution in [-0.4, -0.2) is 19.7 Å². The fraction of sp³-hybridized carbons (Fsp3) is 0.286. The molecule has 0 saturated heterocycles. The van der Waals surface area contributed by atoms with E-state index in [4.69, 9.17) is 0 Å². The molecule has 4 heteroatoms. The van der Waals surface area contributed by atoms with E-state index >= 15 is 0 Å². The van der Waals surface area contributed by atoms with E-state index < -0.39 is 9.84 Å². The number of aromatic nitrogens is 1. The van der Waals surface area contributed by atoms with Crippen LogP contribution in [0, 0.1) is 0 Å². The lowest BCUT2D eigenvalue weighted by atomic mass is 10.3. The van der Waals surface area contributed by atoms with Crippen LogP contribution in [-0.2, 0) is 15.6 Å². The summed E-state index contributed by atoms with van der Waals surface area (Å²) in [5.41, 5.74) is 0.780. The third-order valence-corrected chi connectivity index (χ3v) is 2.04. The van der Waals surface area contributed by atoms with E-state index in [1.165, 1.54) is 6.26 Å². The Kier molecular flexibility index (Phi) is 2.24. The van der Waals surface area contributed by atoms with Crippen LogP contribution >= 0.6 is 0 Å². The van der Waals surface area contributed by atoms with Crippen LogP contribution < -0.4 is 0 Å². The van der Waals surface area contributed by atoms with Crippen molar-refractivity contribution in [1.82, 2.24) is 4.98 Å². The van der Waals surface area contributed by atoms with E-state index in [0.29, 0.717) is 0 Å². The summed E-state index contributed by atoms with van der Waals surface area (Å²) in [6.07, 6.45) is 4.38. The van der Waals surface area contributed by atoms with Crippen LogP contribution in [0.1, 0.15) is 5.56 Å². The minimum Gasteiger partial charge on any atom is -0.265 e. The van der Waals surface area contributed by atoms with Gasteiger partial charge in [0.15, 0.2) is 9.84 Å². The Bertz CT molecular complexity index is 318. The second kappa shape index (κ2) is 3.00. The van der Waals surface area contributed by atoms with Crippen molar-refractivity contribution in [2.45, 2.75) is 5.75 Å². The molecule has 0 saturated carbocycles. The quantitative estimate of drug-likeness (QED) is 0.655. The second-order valence-electron chi connectivity index (χ2n) is 2.43. The van der Waals surface area contributed by atoms with E-state index in [0.717, 1.165) is 5.56 Å². The zero-order chi connectivity index (χ0) is 8.32. The highest BCUT2D eigenvalue weighted by Gasteiger charge is 2.02. The predicted molar refractivity (Wildman–Crippen MR) is 42.8 cm³/mol. The molecule has 0 aliphatic carbocycles. The van der Waals surface area contributed by atoms with Gasteiger partial charge in [-0.05, 0) is 17.7 Å². The normalized spacial score (nSPS) is 11.4. The molecule has 60 valence electrons. The Labute approximate surface area is 66.0 Å². The first-order valence-corrected chi connectivity index (χ1v) is 5.20.